The molecule has 0 spiro atoms. The Hall–Kier alpha value is -2.99. The number of para-hydroxylation sites is 1. The van der Waals surface area contributed by atoms with Crippen molar-refractivity contribution in [2.24, 2.45) is 0 Å². The third kappa shape index (κ3) is 4.22. The van der Waals surface area contributed by atoms with Crippen molar-refractivity contribution in [3.05, 3.63) is 70.6 Å². The molecule has 2 aromatic carbocycles. The van der Waals surface area contributed by atoms with Crippen LogP contribution in [-0.2, 0) is 4.74 Å². The fraction of sp³-hybridized carbons (Fsp3) is 0.348. The van der Waals surface area contributed by atoms with Crippen LogP contribution in [0.5, 0.6) is 0 Å². The first-order valence-electron chi connectivity index (χ1n) is 10.1. The fourth-order valence-electron chi connectivity index (χ4n) is 3.77. The third-order valence-electron chi connectivity index (χ3n) is 5.34. The first-order chi connectivity index (χ1) is 14.1. The monoisotopic (exact) mass is 391 g/mol. The molecule has 150 valence electrons. The van der Waals surface area contributed by atoms with E-state index < -0.39 is 0 Å². The van der Waals surface area contributed by atoms with Crippen LogP contribution in [0.4, 0.5) is 0 Å². The number of aromatic nitrogens is 2. The van der Waals surface area contributed by atoms with Crippen molar-refractivity contribution < 1.29 is 9.53 Å². The summed E-state index contributed by atoms with van der Waals surface area (Å²) in [5, 5.41) is 8.51. The molecular formula is C23H25N3O3. The molecule has 2 heterocycles. The number of carbonyl (C=O) groups is 1. The van der Waals surface area contributed by atoms with Crippen LogP contribution in [0.2, 0.25) is 0 Å². The Balaban J connectivity index is 1.62. The van der Waals surface area contributed by atoms with Crippen molar-refractivity contribution in [3.63, 3.8) is 0 Å². The van der Waals surface area contributed by atoms with Gasteiger partial charge in [-0.1, -0.05) is 36.4 Å². The van der Waals surface area contributed by atoms with E-state index in [1.165, 1.54) is 4.68 Å². The van der Waals surface area contributed by atoms with E-state index >= 15 is 0 Å². The lowest BCUT2D eigenvalue weighted by molar-refractivity contribution is 0.0895. The second-order valence-electron chi connectivity index (χ2n) is 7.53. The molecule has 0 radical (unpaired) electrons. The molecule has 2 atom stereocenters. The minimum atomic E-state index is -0.272. The van der Waals surface area contributed by atoms with Gasteiger partial charge in [0.15, 0.2) is 5.69 Å². The Morgan fingerprint density at radius 1 is 1.17 bits per heavy atom. The average Bonchev–Trinajstić information content (AvgIpc) is 3.27. The molecule has 1 aromatic heterocycles. The lowest BCUT2D eigenvalue weighted by Gasteiger charge is -2.17. The quantitative estimate of drug-likeness (QED) is 0.698. The van der Waals surface area contributed by atoms with Crippen molar-refractivity contribution in [3.8, 4) is 5.69 Å². The molecule has 6 nitrogen and oxygen atoms in total. The molecule has 1 fully saturated rings. The molecule has 0 saturated carbocycles. The predicted molar refractivity (Wildman–Crippen MR) is 112 cm³/mol. The zero-order chi connectivity index (χ0) is 20.2. The molecule has 1 saturated heterocycles. The summed E-state index contributed by atoms with van der Waals surface area (Å²) in [7, 11) is 0. The van der Waals surface area contributed by atoms with Gasteiger partial charge >= 0.3 is 0 Å². The summed E-state index contributed by atoms with van der Waals surface area (Å²) in [6.45, 7) is 2.82. The Morgan fingerprint density at radius 3 is 2.62 bits per heavy atom. The highest BCUT2D eigenvalue weighted by Crippen LogP contribution is 2.19. The highest BCUT2D eigenvalue weighted by atomic mass is 16.5. The van der Waals surface area contributed by atoms with Crippen LogP contribution < -0.4 is 10.9 Å². The normalized spacial score (nSPS) is 17.3. The topological polar surface area (TPSA) is 73.2 Å². The van der Waals surface area contributed by atoms with Gasteiger partial charge in [-0.2, -0.15) is 9.78 Å². The van der Waals surface area contributed by atoms with Crippen LogP contribution in [0.15, 0.2) is 59.4 Å². The number of benzene rings is 2. The summed E-state index contributed by atoms with van der Waals surface area (Å²) in [6.07, 6.45) is 4.27. The second-order valence-corrected chi connectivity index (χ2v) is 7.53. The Labute approximate surface area is 169 Å². The molecule has 1 aliphatic heterocycles. The van der Waals surface area contributed by atoms with Crippen molar-refractivity contribution in [2.45, 2.75) is 44.8 Å². The largest absolute Gasteiger partial charge is 0.378 e. The van der Waals surface area contributed by atoms with E-state index in [0.717, 1.165) is 32.3 Å². The standard InChI is InChI=1S/C23H25N3O3/c1-16(13-14-18-10-7-15-29-18)24-22(27)21-19-11-5-6-12-20(19)23(28)26(25-21)17-8-3-2-4-9-17/h2-6,8-9,11-12,16,18H,7,10,13-15H2,1H3,(H,24,27). The number of fused-ring (bicyclic) bond motifs is 1. The van der Waals surface area contributed by atoms with E-state index in [2.05, 4.69) is 10.4 Å². The smallest absolute Gasteiger partial charge is 0.279 e. The molecular weight excluding hydrogens is 366 g/mol. The zero-order valence-corrected chi connectivity index (χ0v) is 16.5. The predicted octanol–water partition coefficient (Wildman–Crippen LogP) is 3.46. The van der Waals surface area contributed by atoms with E-state index in [9.17, 15) is 9.59 Å². The molecule has 0 bridgehead atoms. The van der Waals surface area contributed by atoms with Gasteiger partial charge in [-0.05, 0) is 50.8 Å². The average molecular weight is 391 g/mol. The van der Waals surface area contributed by atoms with Gasteiger partial charge in [0.2, 0.25) is 0 Å². The Morgan fingerprint density at radius 2 is 1.90 bits per heavy atom. The summed E-state index contributed by atoms with van der Waals surface area (Å²) >= 11 is 0. The summed E-state index contributed by atoms with van der Waals surface area (Å²) in [4.78, 5) is 26.0. The number of hydrogen-bond donors (Lipinski definition) is 1. The molecule has 3 aromatic rings. The van der Waals surface area contributed by atoms with Gasteiger partial charge in [0.05, 0.1) is 17.2 Å². The van der Waals surface area contributed by atoms with E-state index in [-0.39, 0.29) is 23.2 Å². The number of nitrogens with one attached hydrogen (secondary N) is 1. The van der Waals surface area contributed by atoms with Crippen LogP contribution in [0.25, 0.3) is 16.5 Å². The van der Waals surface area contributed by atoms with Gasteiger partial charge in [0.25, 0.3) is 11.5 Å². The van der Waals surface area contributed by atoms with E-state index in [1.807, 2.05) is 31.2 Å². The van der Waals surface area contributed by atoms with Gasteiger partial charge in [-0.3, -0.25) is 9.59 Å². The van der Waals surface area contributed by atoms with Crippen LogP contribution in [0, 0.1) is 0 Å². The van der Waals surface area contributed by atoms with Gasteiger partial charge in [0, 0.05) is 18.0 Å². The maximum atomic E-state index is 13.0. The molecule has 4 rings (SSSR count). The molecule has 1 N–H and O–H groups in total. The van der Waals surface area contributed by atoms with Gasteiger partial charge in [0.1, 0.15) is 0 Å². The minimum Gasteiger partial charge on any atom is -0.378 e. The van der Waals surface area contributed by atoms with E-state index in [1.54, 1.807) is 30.3 Å². The molecule has 0 aliphatic carbocycles. The van der Waals surface area contributed by atoms with Gasteiger partial charge < -0.3 is 10.1 Å². The van der Waals surface area contributed by atoms with Crippen LogP contribution >= 0.6 is 0 Å². The lowest BCUT2D eigenvalue weighted by atomic mass is 10.1. The highest BCUT2D eigenvalue weighted by Gasteiger charge is 2.20. The van der Waals surface area contributed by atoms with Crippen molar-refractivity contribution in [1.82, 2.24) is 15.1 Å². The number of amides is 1. The molecule has 1 amide bonds. The zero-order valence-electron chi connectivity index (χ0n) is 16.5. The SMILES string of the molecule is CC(CCC1CCCO1)NC(=O)c1nn(-c2ccccc2)c(=O)c2ccccc12. The second kappa shape index (κ2) is 8.57. The number of rotatable bonds is 6. The minimum absolute atomic E-state index is 0.00985. The molecule has 29 heavy (non-hydrogen) atoms. The van der Waals surface area contributed by atoms with Crippen LogP contribution in [0.1, 0.15) is 43.1 Å². The fourth-order valence-corrected chi connectivity index (χ4v) is 3.77. The summed E-state index contributed by atoms with van der Waals surface area (Å²) in [6, 6.07) is 16.3. The maximum absolute atomic E-state index is 13.0. The first kappa shape index (κ1) is 19.3. The number of ether oxygens (including phenoxy) is 1. The van der Waals surface area contributed by atoms with E-state index in [0.29, 0.717) is 22.6 Å². The summed E-state index contributed by atoms with van der Waals surface area (Å²) in [5.74, 6) is -0.272. The summed E-state index contributed by atoms with van der Waals surface area (Å²) in [5.41, 5.74) is 0.645. The first-order valence-corrected chi connectivity index (χ1v) is 10.1. The van der Waals surface area contributed by atoms with Gasteiger partial charge in [-0.25, -0.2) is 0 Å². The molecule has 6 heteroatoms. The lowest BCUT2D eigenvalue weighted by Crippen LogP contribution is -2.35. The molecule has 2 unspecified atom stereocenters. The van der Waals surface area contributed by atoms with Gasteiger partial charge in [-0.15, -0.1) is 0 Å². The highest BCUT2D eigenvalue weighted by molar-refractivity contribution is 6.04. The third-order valence-corrected chi connectivity index (χ3v) is 5.34. The van der Waals surface area contributed by atoms with Crippen molar-refractivity contribution in [2.75, 3.05) is 6.61 Å². The Bertz CT molecular complexity index is 1060. The number of carbonyl (C=O) groups excluding carboxylic acids is 1. The number of nitrogens with zero attached hydrogens (tertiary/aromatic N) is 2. The maximum Gasteiger partial charge on any atom is 0.279 e. The van der Waals surface area contributed by atoms with Crippen molar-refractivity contribution >= 4 is 16.7 Å². The number of hydrogen-bond acceptors (Lipinski definition) is 4. The van der Waals surface area contributed by atoms with E-state index in [4.69, 9.17) is 4.74 Å². The van der Waals surface area contributed by atoms with Crippen LogP contribution in [0.3, 0.4) is 0 Å². The molecule has 1 aliphatic rings. The van der Waals surface area contributed by atoms with Crippen LogP contribution in [-0.4, -0.2) is 34.4 Å². The van der Waals surface area contributed by atoms with Crippen molar-refractivity contribution in [1.29, 1.82) is 0 Å². The Kier molecular flexibility index (Phi) is 5.71. The summed E-state index contributed by atoms with van der Waals surface area (Å²) < 4.78 is 6.97.